The molecule has 0 aliphatic rings. The van der Waals surface area contributed by atoms with E-state index < -0.39 is 0 Å². The third-order valence-corrected chi connectivity index (χ3v) is 6.90. The summed E-state index contributed by atoms with van der Waals surface area (Å²) in [4.78, 5) is 44.2. The summed E-state index contributed by atoms with van der Waals surface area (Å²) in [7, 11) is 2.86. The molecule has 0 heterocycles. The van der Waals surface area contributed by atoms with Gasteiger partial charge in [-0.3, -0.25) is 19.2 Å². The van der Waals surface area contributed by atoms with Gasteiger partial charge >= 0.3 is 23.9 Å². The third-order valence-electron chi connectivity index (χ3n) is 6.90. The predicted molar refractivity (Wildman–Crippen MR) is 159 cm³/mol. The average Bonchev–Trinajstić information content (AvgIpc) is 2.94. The van der Waals surface area contributed by atoms with Crippen LogP contribution in [0.15, 0.2) is 0 Å². The van der Waals surface area contributed by atoms with Gasteiger partial charge < -0.3 is 18.9 Å². The summed E-state index contributed by atoms with van der Waals surface area (Å²) in [5.74, 6) is 0.766. The Morgan fingerprint density at radius 3 is 1.20 bits per heavy atom. The van der Waals surface area contributed by atoms with Gasteiger partial charge in [-0.05, 0) is 51.4 Å². The molecule has 8 heteroatoms. The third kappa shape index (κ3) is 30.4. The Balaban J connectivity index is 0. The van der Waals surface area contributed by atoms with Gasteiger partial charge in [0.15, 0.2) is 0 Å². The number of hydrogen-bond acceptors (Lipinski definition) is 8. The first-order chi connectivity index (χ1) is 19.2. The highest BCUT2D eigenvalue weighted by Crippen LogP contribution is 2.17. The van der Waals surface area contributed by atoms with Crippen LogP contribution in [0.5, 0.6) is 0 Å². The van der Waals surface area contributed by atoms with Crippen LogP contribution < -0.4 is 0 Å². The molecule has 8 nitrogen and oxygen atoms in total. The Bertz CT molecular complexity index is 634. The molecule has 0 aliphatic heterocycles. The number of esters is 4. The predicted octanol–water partition coefficient (Wildman–Crippen LogP) is 7.74. The molecule has 0 N–H and O–H groups in total. The van der Waals surface area contributed by atoms with Gasteiger partial charge in [0.05, 0.1) is 27.4 Å². The zero-order valence-electron chi connectivity index (χ0n) is 26.6. The number of hydrogen-bond donors (Lipinski definition) is 0. The van der Waals surface area contributed by atoms with Crippen molar-refractivity contribution in [1.82, 2.24) is 0 Å². The second kappa shape index (κ2) is 29.9. The number of carbonyl (C=O) groups excluding carboxylic acids is 4. The molecule has 0 aromatic rings. The van der Waals surface area contributed by atoms with Crippen LogP contribution in [0.25, 0.3) is 0 Å². The molecular formula is C32H60O8. The zero-order valence-corrected chi connectivity index (χ0v) is 26.6. The first kappa shape index (κ1) is 40.0. The molecule has 0 aromatic heterocycles. The van der Waals surface area contributed by atoms with Gasteiger partial charge in [-0.25, -0.2) is 0 Å². The maximum atomic E-state index is 11.2. The Morgan fingerprint density at radius 2 is 0.775 bits per heavy atom. The fourth-order valence-electron chi connectivity index (χ4n) is 4.27. The molecule has 0 fully saturated rings. The molecular weight excluding hydrogens is 512 g/mol. The lowest BCUT2D eigenvalue weighted by atomic mass is 9.97. The van der Waals surface area contributed by atoms with Crippen molar-refractivity contribution in [1.29, 1.82) is 0 Å². The second-order valence-corrected chi connectivity index (χ2v) is 10.7. The van der Waals surface area contributed by atoms with Gasteiger partial charge in [0.25, 0.3) is 0 Å². The Morgan fingerprint density at radius 1 is 0.450 bits per heavy atom. The molecule has 0 aliphatic carbocycles. The Labute approximate surface area is 244 Å². The van der Waals surface area contributed by atoms with Gasteiger partial charge in [0.2, 0.25) is 0 Å². The van der Waals surface area contributed by atoms with Crippen LogP contribution in [0, 0.1) is 11.8 Å². The molecule has 40 heavy (non-hydrogen) atoms. The van der Waals surface area contributed by atoms with E-state index in [1.807, 2.05) is 13.8 Å². The summed E-state index contributed by atoms with van der Waals surface area (Å²) in [5.41, 5.74) is 0. The van der Waals surface area contributed by atoms with Crippen molar-refractivity contribution in [2.24, 2.45) is 11.8 Å². The molecule has 236 valence electrons. The quantitative estimate of drug-likeness (QED) is 0.0657. The summed E-state index contributed by atoms with van der Waals surface area (Å²) < 4.78 is 19.0. The van der Waals surface area contributed by atoms with Crippen LogP contribution in [0.4, 0.5) is 0 Å². The monoisotopic (exact) mass is 572 g/mol. The van der Waals surface area contributed by atoms with E-state index in [0.717, 1.165) is 51.4 Å². The maximum absolute atomic E-state index is 11.2. The largest absolute Gasteiger partial charge is 0.469 e. The topological polar surface area (TPSA) is 105 Å². The van der Waals surface area contributed by atoms with Crippen molar-refractivity contribution >= 4 is 23.9 Å². The minimum Gasteiger partial charge on any atom is -0.469 e. The van der Waals surface area contributed by atoms with Crippen LogP contribution in [0.2, 0.25) is 0 Å². The molecule has 0 aromatic carbocycles. The van der Waals surface area contributed by atoms with Crippen LogP contribution in [-0.2, 0) is 38.1 Å². The summed E-state index contributed by atoms with van der Waals surface area (Å²) in [5, 5.41) is 0. The molecule has 0 rings (SSSR count). The van der Waals surface area contributed by atoms with Crippen molar-refractivity contribution in [3.63, 3.8) is 0 Å². The van der Waals surface area contributed by atoms with Crippen molar-refractivity contribution < 1.29 is 38.1 Å². The van der Waals surface area contributed by atoms with E-state index in [9.17, 15) is 19.2 Å². The SMILES string of the molecule is CCOC(=O)CCCCCCCC(C)CCC(=O)OCC.COC(=O)CCCCCCCC(C)CCC(=O)OC. The molecule has 0 amide bonds. The highest BCUT2D eigenvalue weighted by molar-refractivity contribution is 5.70. The minimum atomic E-state index is -0.116. The van der Waals surface area contributed by atoms with Crippen LogP contribution in [0.3, 0.4) is 0 Å². The first-order valence-electron chi connectivity index (χ1n) is 15.6. The molecule has 0 saturated heterocycles. The summed E-state index contributed by atoms with van der Waals surface area (Å²) in [6, 6.07) is 0. The highest BCUT2D eigenvalue weighted by Gasteiger charge is 2.08. The molecule has 0 radical (unpaired) electrons. The molecule has 0 spiro atoms. The van der Waals surface area contributed by atoms with E-state index in [1.54, 1.807) is 0 Å². The van der Waals surface area contributed by atoms with Gasteiger partial charge in [0, 0.05) is 25.7 Å². The molecule has 2 atom stereocenters. The van der Waals surface area contributed by atoms with Crippen molar-refractivity contribution in [2.75, 3.05) is 27.4 Å². The smallest absolute Gasteiger partial charge is 0.305 e. The van der Waals surface area contributed by atoms with E-state index in [4.69, 9.17) is 9.47 Å². The Hall–Kier alpha value is -2.12. The Kier molecular flexibility index (Phi) is 29.9. The minimum absolute atomic E-state index is 0.0786. The molecule has 0 bridgehead atoms. The number of methoxy groups -OCH3 is 2. The number of unbranched alkanes of at least 4 members (excludes halogenated alkanes) is 8. The van der Waals surface area contributed by atoms with Crippen molar-refractivity contribution in [3.05, 3.63) is 0 Å². The van der Waals surface area contributed by atoms with Crippen molar-refractivity contribution in [2.45, 2.75) is 143 Å². The first-order valence-corrected chi connectivity index (χ1v) is 15.6. The number of ether oxygens (including phenoxy) is 4. The van der Waals surface area contributed by atoms with Gasteiger partial charge in [-0.15, -0.1) is 0 Å². The lowest BCUT2D eigenvalue weighted by molar-refractivity contribution is -0.144. The van der Waals surface area contributed by atoms with Gasteiger partial charge in [-0.2, -0.15) is 0 Å². The van der Waals surface area contributed by atoms with E-state index >= 15 is 0 Å². The van der Waals surface area contributed by atoms with Gasteiger partial charge in [0.1, 0.15) is 0 Å². The van der Waals surface area contributed by atoms with Crippen molar-refractivity contribution in [3.8, 4) is 0 Å². The van der Waals surface area contributed by atoms with E-state index in [1.165, 1.54) is 52.7 Å². The molecule has 0 saturated carbocycles. The fourth-order valence-corrected chi connectivity index (χ4v) is 4.27. The number of carbonyl (C=O) groups is 4. The number of rotatable bonds is 24. The standard InChI is InChI=1S/C17H32O4.C15H28O4/c1-4-20-16(18)12-10-8-6-7-9-11-15(3)13-14-17(19)21-5-2;1-13(11-12-15(17)19-3)9-7-5-4-6-8-10-14(16)18-2/h15H,4-14H2,1-3H3;13H,4-12H2,1-3H3. The fraction of sp³-hybridized carbons (Fsp3) is 0.875. The van der Waals surface area contributed by atoms with E-state index in [2.05, 4.69) is 23.3 Å². The van der Waals surface area contributed by atoms with E-state index in [-0.39, 0.29) is 23.9 Å². The van der Waals surface area contributed by atoms with Gasteiger partial charge in [-0.1, -0.05) is 78.1 Å². The average molecular weight is 573 g/mol. The summed E-state index contributed by atoms with van der Waals surface area (Å²) >= 11 is 0. The van der Waals surface area contributed by atoms with E-state index in [0.29, 0.717) is 50.7 Å². The normalized spacial score (nSPS) is 11.9. The zero-order chi connectivity index (χ0) is 30.4. The summed E-state index contributed by atoms with van der Waals surface area (Å²) in [6.45, 7) is 8.99. The molecule has 2 unspecified atom stereocenters. The maximum Gasteiger partial charge on any atom is 0.305 e. The van der Waals surface area contributed by atoms with Crippen LogP contribution in [-0.4, -0.2) is 51.3 Å². The van der Waals surface area contributed by atoms with Crippen LogP contribution in [0.1, 0.15) is 143 Å². The lowest BCUT2D eigenvalue weighted by Gasteiger charge is -2.10. The summed E-state index contributed by atoms with van der Waals surface area (Å²) in [6.07, 6.45) is 17.5. The highest BCUT2D eigenvalue weighted by atomic mass is 16.5. The second-order valence-electron chi connectivity index (χ2n) is 10.7. The lowest BCUT2D eigenvalue weighted by Crippen LogP contribution is -2.06. The van der Waals surface area contributed by atoms with Crippen LogP contribution >= 0.6 is 0 Å².